The third kappa shape index (κ3) is 2.86. The van der Waals surface area contributed by atoms with Gasteiger partial charge in [-0.25, -0.2) is 12.8 Å². The van der Waals surface area contributed by atoms with Gasteiger partial charge >= 0.3 is 0 Å². The highest BCUT2D eigenvalue weighted by atomic mass is 32.2. The summed E-state index contributed by atoms with van der Waals surface area (Å²) < 4.78 is 35.0. The van der Waals surface area contributed by atoms with Crippen LogP contribution in [0.5, 0.6) is 0 Å². The zero-order valence-corrected chi connectivity index (χ0v) is 9.24. The van der Waals surface area contributed by atoms with E-state index in [1.165, 1.54) is 11.5 Å². The van der Waals surface area contributed by atoms with Crippen LogP contribution >= 0.6 is 0 Å². The molecular weight excluding hydrogens is 231 g/mol. The Morgan fingerprint density at radius 1 is 1.50 bits per heavy atom. The van der Waals surface area contributed by atoms with Crippen LogP contribution in [-0.2, 0) is 16.4 Å². The normalized spacial score (nSPS) is 22.4. The lowest BCUT2D eigenvalue weighted by molar-refractivity contribution is 0.586. The molecule has 0 fully saturated rings. The summed E-state index contributed by atoms with van der Waals surface area (Å²) in [5.74, 6) is -0.329. The van der Waals surface area contributed by atoms with Crippen LogP contribution in [0.1, 0.15) is 5.56 Å². The second-order valence-corrected chi connectivity index (χ2v) is 5.59. The molecule has 0 spiro atoms. The van der Waals surface area contributed by atoms with Crippen molar-refractivity contribution >= 4 is 9.84 Å². The lowest BCUT2D eigenvalue weighted by atomic mass is 10.2. The maximum absolute atomic E-state index is 12.8. The molecule has 0 amide bonds. The highest BCUT2D eigenvalue weighted by Gasteiger charge is 2.20. The first-order chi connectivity index (χ1) is 7.55. The molecule has 6 heteroatoms. The van der Waals surface area contributed by atoms with E-state index in [9.17, 15) is 12.8 Å². The predicted octanol–water partition coefficient (Wildman–Crippen LogP) is 0.621. The number of sulfone groups is 1. The molecule has 4 nitrogen and oxygen atoms in total. The van der Waals surface area contributed by atoms with Crippen LogP contribution in [0.3, 0.4) is 0 Å². The molecular formula is C10H11FN2O2S. The maximum atomic E-state index is 12.8. The van der Waals surface area contributed by atoms with Crippen molar-refractivity contribution in [3.63, 3.8) is 0 Å². The molecule has 1 aromatic rings. The largest absolute Gasteiger partial charge is 0.305 e. The number of nitrogens with zero attached hydrogens (tertiary/aromatic N) is 1. The zero-order chi connectivity index (χ0) is 11.6. The summed E-state index contributed by atoms with van der Waals surface area (Å²) in [4.78, 5) is 3.71. The molecule has 1 aliphatic heterocycles. The summed E-state index contributed by atoms with van der Waals surface area (Å²) >= 11 is 0. The first kappa shape index (κ1) is 11.2. The number of halogens is 1. The first-order valence-corrected chi connectivity index (χ1v) is 6.50. The monoisotopic (exact) mass is 242 g/mol. The molecule has 0 aromatic carbocycles. The fourth-order valence-corrected chi connectivity index (χ4v) is 2.77. The molecule has 1 unspecified atom stereocenters. The minimum Gasteiger partial charge on any atom is -0.305 e. The summed E-state index contributed by atoms with van der Waals surface area (Å²) in [6.45, 7) is 0.398. The van der Waals surface area contributed by atoms with Gasteiger partial charge in [0.25, 0.3) is 0 Å². The molecule has 0 bridgehead atoms. The molecule has 1 atom stereocenters. The SMILES string of the molecule is O=S1(=O)C=CC(NCc2cncc(F)c2)C1. The molecule has 0 aliphatic carbocycles. The van der Waals surface area contributed by atoms with E-state index in [4.69, 9.17) is 0 Å². The Morgan fingerprint density at radius 2 is 2.31 bits per heavy atom. The van der Waals surface area contributed by atoms with E-state index < -0.39 is 15.7 Å². The molecule has 16 heavy (non-hydrogen) atoms. The van der Waals surface area contributed by atoms with Gasteiger partial charge in [-0.05, 0) is 11.6 Å². The van der Waals surface area contributed by atoms with Crippen LogP contribution in [-0.4, -0.2) is 25.2 Å². The number of rotatable bonds is 3. The van der Waals surface area contributed by atoms with Gasteiger partial charge in [0.1, 0.15) is 5.82 Å². The average molecular weight is 242 g/mol. The third-order valence-electron chi connectivity index (χ3n) is 2.26. The van der Waals surface area contributed by atoms with Crippen molar-refractivity contribution in [2.45, 2.75) is 12.6 Å². The van der Waals surface area contributed by atoms with Crippen LogP contribution in [0.4, 0.5) is 4.39 Å². The summed E-state index contributed by atoms with van der Waals surface area (Å²) in [7, 11) is -3.04. The number of aromatic nitrogens is 1. The van der Waals surface area contributed by atoms with Crippen LogP contribution in [0.25, 0.3) is 0 Å². The summed E-state index contributed by atoms with van der Waals surface area (Å²) in [6, 6.07) is 1.17. The number of nitrogens with one attached hydrogen (secondary N) is 1. The fourth-order valence-electron chi connectivity index (χ4n) is 1.50. The Bertz CT molecular complexity index is 513. The van der Waals surface area contributed by atoms with E-state index in [2.05, 4.69) is 10.3 Å². The lowest BCUT2D eigenvalue weighted by Gasteiger charge is -2.09. The molecule has 2 rings (SSSR count). The second kappa shape index (κ2) is 4.31. The Morgan fingerprint density at radius 3 is 2.94 bits per heavy atom. The Hall–Kier alpha value is -1.27. The van der Waals surface area contributed by atoms with Gasteiger partial charge in [-0.2, -0.15) is 0 Å². The van der Waals surface area contributed by atoms with E-state index in [0.29, 0.717) is 12.1 Å². The van der Waals surface area contributed by atoms with Crippen LogP contribution in [0.2, 0.25) is 0 Å². The standard InChI is InChI=1S/C10H11FN2O2S/c11-9-3-8(4-12-6-9)5-13-10-1-2-16(14,15)7-10/h1-4,6,10,13H,5,7H2. The molecule has 86 valence electrons. The Balaban J connectivity index is 1.92. The minimum absolute atomic E-state index is 0.0652. The van der Waals surface area contributed by atoms with Crippen molar-refractivity contribution in [3.05, 3.63) is 41.3 Å². The molecule has 0 saturated carbocycles. The molecule has 1 N–H and O–H groups in total. The quantitative estimate of drug-likeness (QED) is 0.844. The van der Waals surface area contributed by atoms with Gasteiger partial charge in [0, 0.05) is 24.2 Å². The van der Waals surface area contributed by atoms with Gasteiger partial charge < -0.3 is 5.32 Å². The van der Waals surface area contributed by atoms with Gasteiger partial charge in [0.15, 0.2) is 9.84 Å². The number of pyridine rings is 1. The van der Waals surface area contributed by atoms with Crippen molar-refractivity contribution < 1.29 is 12.8 Å². The van der Waals surface area contributed by atoms with E-state index in [1.54, 1.807) is 12.3 Å². The van der Waals surface area contributed by atoms with Crippen LogP contribution in [0, 0.1) is 5.82 Å². The molecule has 1 aromatic heterocycles. The number of hydrogen-bond acceptors (Lipinski definition) is 4. The van der Waals surface area contributed by atoms with Crippen molar-refractivity contribution in [2.75, 3.05) is 5.75 Å². The average Bonchev–Trinajstić information content (AvgIpc) is 2.56. The van der Waals surface area contributed by atoms with Crippen molar-refractivity contribution in [1.29, 1.82) is 0 Å². The van der Waals surface area contributed by atoms with E-state index in [0.717, 1.165) is 6.20 Å². The Kier molecular flexibility index (Phi) is 3.02. The molecule has 0 saturated heterocycles. The molecule has 1 aliphatic rings. The molecule has 0 radical (unpaired) electrons. The first-order valence-electron chi connectivity index (χ1n) is 4.79. The van der Waals surface area contributed by atoms with Gasteiger partial charge in [0.05, 0.1) is 11.9 Å². The predicted molar refractivity (Wildman–Crippen MR) is 57.7 cm³/mol. The molecule has 2 heterocycles. The zero-order valence-electron chi connectivity index (χ0n) is 8.43. The fraction of sp³-hybridized carbons (Fsp3) is 0.300. The van der Waals surface area contributed by atoms with Gasteiger partial charge in [-0.1, -0.05) is 6.08 Å². The highest BCUT2D eigenvalue weighted by Crippen LogP contribution is 2.09. The topological polar surface area (TPSA) is 59.1 Å². The van der Waals surface area contributed by atoms with Gasteiger partial charge in [-0.3, -0.25) is 4.98 Å². The van der Waals surface area contributed by atoms with E-state index in [1.807, 2.05) is 0 Å². The lowest BCUT2D eigenvalue weighted by Crippen LogP contribution is -2.29. The van der Waals surface area contributed by atoms with Crippen molar-refractivity contribution in [3.8, 4) is 0 Å². The minimum atomic E-state index is -3.04. The van der Waals surface area contributed by atoms with Crippen molar-refractivity contribution in [2.24, 2.45) is 0 Å². The Labute approximate surface area is 93.1 Å². The summed E-state index contributed by atoms with van der Waals surface area (Å²) in [5, 5.41) is 4.21. The van der Waals surface area contributed by atoms with Gasteiger partial charge in [-0.15, -0.1) is 0 Å². The second-order valence-electron chi connectivity index (χ2n) is 3.66. The number of hydrogen-bond donors (Lipinski definition) is 1. The summed E-state index contributed by atoms with van der Waals surface area (Å²) in [5.41, 5.74) is 0.692. The van der Waals surface area contributed by atoms with Crippen LogP contribution < -0.4 is 5.32 Å². The van der Waals surface area contributed by atoms with E-state index >= 15 is 0 Å². The third-order valence-corrected chi connectivity index (χ3v) is 3.66. The smallest absolute Gasteiger partial charge is 0.173 e. The van der Waals surface area contributed by atoms with E-state index in [-0.39, 0.29) is 11.8 Å². The highest BCUT2D eigenvalue weighted by molar-refractivity contribution is 7.94. The van der Waals surface area contributed by atoms with Crippen LogP contribution in [0.15, 0.2) is 29.9 Å². The van der Waals surface area contributed by atoms with Gasteiger partial charge in [0.2, 0.25) is 0 Å². The summed E-state index contributed by atoms with van der Waals surface area (Å²) in [6.07, 6.45) is 4.27. The van der Waals surface area contributed by atoms with Crippen molar-refractivity contribution in [1.82, 2.24) is 10.3 Å². The maximum Gasteiger partial charge on any atom is 0.173 e.